The number of nitrogens with one attached hydrogen (secondary N) is 1. The van der Waals surface area contributed by atoms with E-state index in [1.165, 1.54) is 30.6 Å². The highest BCUT2D eigenvalue weighted by Crippen LogP contribution is 2.33. The monoisotopic (exact) mass is 239 g/mol. The van der Waals surface area contributed by atoms with E-state index in [-0.39, 0.29) is 0 Å². The first kappa shape index (κ1) is 12.0. The number of hydrogen-bond donors (Lipinski definition) is 1. The van der Waals surface area contributed by atoms with Crippen LogP contribution in [0.5, 0.6) is 0 Å². The molecule has 4 heteroatoms. The second kappa shape index (κ2) is 5.73. The maximum absolute atomic E-state index is 4.23. The van der Waals surface area contributed by atoms with Gasteiger partial charge in [0.25, 0.3) is 0 Å². The van der Waals surface area contributed by atoms with Crippen LogP contribution in [0.3, 0.4) is 0 Å². The van der Waals surface area contributed by atoms with E-state index in [0.29, 0.717) is 6.04 Å². The molecule has 0 spiro atoms. The Morgan fingerprint density at radius 2 is 2.31 bits per heavy atom. The Bertz CT molecular complexity index is 322. The molecule has 2 atom stereocenters. The summed E-state index contributed by atoms with van der Waals surface area (Å²) in [5.41, 5.74) is 0. The lowest BCUT2D eigenvalue weighted by Gasteiger charge is -2.31. The van der Waals surface area contributed by atoms with E-state index >= 15 is 0 Å². The highest BCUT2D eigenvalue weighted by molar-refractivity contribution is 8.00. The third kappa shape index (κ3) is 3.01. The minimum Gasteiger partial charge on any atom is -0.313 e. The number of hydrogen-bond acceptors (Lipinski definition) is 3. The Balaban J connectivity index is 1.95. The van der Waals surface area contributed by atoms with Crippen LogP contribution < -0.4 is 5.32 Å². The summed E-state index contributed by atoms with van der Waals surface area (Å²) in [6.45, 7) is 3.27. The van der Waals surface area contributed by atoms with Gasteiger partial charge in [-0.05, 0) is 19.4 Å². The van der Waals surface area contributed by atoms with Crippen LogP contribution in [0, 0.1) is 0 Å². The lowest BCUT2D eigenvalue weighted by Crippen LogP contribution is -2.40. The summed E-state index contributed by atoms with van der Waals surface area (Å²) in [7, 11) is 1.98. The molecule has 1 fully saturated rings. The molecule has 1 heterocycles. The Labute approximate surface area is 102 Å². The smallest absolute Gasteiger partial charge is 0.0625 e. The minimum atomic E-state index is 0.684. The van der Waals surface area contributed by atoms with Crippen LogP contribution in [-0.4, -0.2) is 27.6 Å². The molecule has 2 unspecified atom stereocenters. The number of aryl methyl sites for hydroxylation is 1. The van der Waals surface area contributed by atoms with Gasteiger partial charge in [0.2, 0.25) is 0 Å². The predicted octanol–water partition coefficient (Wildman–Crippen LogP) is 2.43. The number of rotatable bonds is 4. The van der Waals surface area contributed by atoms with E-state index in [1.54, 1.807) is 0 Å². The van der Waals surface area contributed by atoms with Crippen molar-refractivity contribution < 1.29 is 0 Å². The molecule has 0 aromatic carbocycles. The summed E-state index contributed by atoms with van der Waals surface area (Å²) in [6.07, 6.45) is 9.50. The first-order valence-corrected chi connectivity index (χ1v) is 7.06. The van der Waals surface area contributed by atoms with E-state index in [0.717, 1.165) is 11.8 Å². The van der Waals surface area contributed by atoms with Gasteiger partial charge in [0.1, 0.15) is 0 Å². The van der Waals surface area contributed by atoms with Gasteiger partial charge in [0.05, 0.1) is 6.20 Å². The maximum Gasteiger partial charge on any atom is 0.0625 e. The van der Waals surface area contributed by atoms with Crippen molar-refractivity contribution in [2.75, 3.05) is 6.54 Å². The molecule has 1 aromatic heterocycles. The largest absolute Gasteiger partial charge is 0.313 e. The van der Waals surface area contributed by atoms with E-state index in [9.17, 15) is 0 Å². The van der Waals surface area contributed by atoms with Crippen molar-refractivity contribution in [2.45, 2.75) is 48.8 Å². The molecule has 1 aliphatic rings. The van der Waals surface area contributed by atoms with Gasteiger partial charge < -0.3 is 5.32 Å². The predicted molar refractivity (Wildman–Crippen MR) is 68.8 cm³/mol. The summed E-state index contributed by atoms with van der Waals surface area (Å²) >= 11 is 1.99. The Hall–Kier alpha value is -0.480. The van der Waals surface area contributed by atoms with Gasteiger partial charge in [-0.15, -0.1) is 11.8 Å². The molecule has 2 rings (SSSR count). The molecule has 1 N–H and O–H groups in total. The molecule has 0 radical (unpaired) electrons. The summed E-state index contributed by atoms with van der Waals surface area (Å²) in [4.78, 5) is 1.30. The van der Waals surface area contributed by atoms with Crippen LogP contribution in [0.25, 0.3) is 0 Å². The van der Waals surface area contributed by atoms with Crippen molar-refractivity contribution in [1.82, 2.24) is 15.1 Å². The van der Waals surface area contributed by atoms with Gasteiger partial charge in [-0.1, -0.05) is 19.8 Å². The number of aromatic nitrogens is 2. The van der Waals surface area contributed by atoms with E-state index in [1.807, 2.05) is 29.7 Å². The Kier molecular flexibility index (Phi) is 4.29. The lowest BCUT2D eigenvalue weighted by molar-refractivity contribution is 0.391. The van der Waals surface area contributed by atoms with Gasteiger partial charge in [0.15, 0.2) is 0 Å². The lowest BCUT2D eigenvalue weighted by atomic mass is 9.95. The third-order valence-electron chi connectivity index (χ3n) is 3.14. The zero-order chi connectivity index (χ0) is 11.4. The molecule has 3 nitrogen and oxygen atoms in total. The van der Waals surface area contributed by atoms with Crippen LogP contribution in [0.4, 0.5) is 0 Å². The normalized spacial score (nSPS) is 25.9. The van der Waals surface area contributed by atoms with E-state index in [2.05, 4.69) is 23.5 Å². The van der Waals surface area contributed by atoms with Crippen LogP contribution in [0.2, 0.25) is 0 Å². The van der Waals surface area contributed by atoms with Crippen molar-refractivity contribution >= 4 is 11.8 Å². The molecule has 1 aromatic rings. The first-order valence-electron chi connectivity index (χ1n) is 6.18. The fourth-order valence-electron chi connectivity index (χ4n) is 2.37. The van der Waals surface area contributed by atoms with Crippen molar-refractivity contribution in [3.8, 4) is 0 Å². The zero-order valence-electron chi connectivity index (χ0n) is 10.1. The van der Waals surface area contributed by atoms with Crippen molar-refractivity contribution in [3.63, 3.8) is 0 Å². The SMILES string of the molecule is CCNC1CCCCC1Sc1cnn(C)c1. The van der Waals surface area contributed by atoms with Crippen LogP contribution in [0.1, 0.15) is 32.6 Å². The zero-order valence-corrected chi connectivity index (χ0v) is 11.0. The third-order valence-corrected chi connectivity index (χ3v) is 4.49. The topological polar surface area (TPSA) is 29.9 Å². The average Bonchev–Trinajstić information content (AvgIpc) is 2.67. The number of thioether (sulfide) groups is 1. The van der Waals surface area contributed by atoms with Gasteiger partial charge in [-0.3, -0.25) is 4.68 Å². The average molecular weight is 239 g/mol. The van der Waals surface area contributed by atoms with Gasteiger partial charge in [-0.2, -0.15) is 5.10 Å². The molecule has 0 saturated heterocycles. The summed E-state index contributed by atoms with van der Waals surface area (Å²) in [5.74, 6) is 0. The van der Waals surface area contributed by atoms with E-state index < -0.39 is 0 Å². The van der Waals surface area contributed by atoms with Gasteiger partial charge in [0, 0.05) is 29.4 Å². The van der Waals surface area contributed by atoms with Crippen LogP contribution in [-0.2, 0) is 7.05 Å². The molecule has 1 saturated carbocycles. The highest BCUT2D eigenvalue weighted by atomic mass is 32.2. The van der Waals surface area contributed by atoms with Gasteiger partial charge >= 0.3 is 0 Å². The van der Waals surface area contributed by atoms with Crippen LogP contribution in [0.15, 0.2) is 17.3 Å². The van der Waals surface area contributed by atoms with E-state index in [4.69, 9.17) is 0 Å². The highest BCUT2D eigenvalue weighted by Gasteiger charge is 2.25. The molecular formula is C12H21N3S. The molecule has 0 bridgehead atoms. The Morgan fingerprint density at radius 3 is 3.00 bits per heavy atom. The molecule has 0 amide bonds. The summed E-state index contributed by atoms with van der Waals surface area (Å²) < 4.78 is 1.88. The van der Waals surface area contributed by atoms with Gasteiger partial charge in [-0.25, -0.2) is 0 Å². The maximum atomic E-state index is 4.23. The Morgan fingerprint density at radius 1 is 1.50 bits per heavy atom. The molecule has 0 aliphatic heterocycles. The van der Waals surface area contributed by atoms with Crippen molar-refractivity contribution in [3.05, 3.63) is 12.4 Å². The molecule has 90 valence electrons. The standard InChI is InChI=1S/C12H21N3S/c1-3-13-11-6-4-5-7-12(11)16-10-8-14-15(2)9-10/h8-9,11-13H,3-7H2,1-2H3. The fraction of sp³-hybridized carbons (Fsp3) is 0.750. The summed E-state index contributed by atoms with van der Waals surface area (Å²) in [5, 5.41) is 8.56. The second-order valence-corrected chi connectivity index (χ2v) is 5.77. The van der Waals surface area contributed by atoms with Crippen molar-refractivity contribution in [1.29, 1.82) is 0 Å². The van der Waals surface area contributed by atoms with Crippen molar-refractivity contribution in [2.24, 2.45) is 7.05 Å². The first-order chi connectivity index (χ1) is 7.79. The fourth-order valence-corrected chi connectivity index (χ4v) is 3.72. The molecule has 1 aliphatic carbocycles. The molecule has 16 heavy (non-hydrogen) atoms. The van der Waals surface area contributed by atoms with Crippen LogP contribution >= 0.6 is 11.8 Å². The summed E-state index contributed by atoms with van der Waals surface area (Å²) in [6, 6.07) is 0.684. The number of nitrogens with zero attached hydrogens (tertiary/aromatic N) is 2. The quantitative estimate of drug-likeness (QED) is 0.875. The molecular weight excluding hydrogens is 218 g/mol. The minimum absolute atomic E-state index is 0.684. The second-order valence-electron chi connectivity index (χ2n) is 4.45.